The molecule has 0 bridgehead atoms. The van der Waals surface area contributed by atoms with E-state index in [1.54, 1.807) is 6.92 Å². The average molecular weight is 359 g/mol. The molecule has 0 aliphatic carbocycles. The molecule has 0 radical (unpaired) electrons. The van der Waals surface area contributed by atoms with Crippen molar-refractivity contribution in [3.63, 3.8) is 0 Å². The van der Waals surface area contributed by atoms with Crippen molar-refractivity contribution in [2.75, 3.05) is 13.2 Å². The Morgan fingerprint density at radius 2 is 1.81 bits per heavy atom. The highest BCUT2D eigenvalue weighted by molar-refractivity contribution is 5.80. The summed E-state index contributed by atoms with van der Waals surface area (Å²) < 4.78 is 4.90. The lowest BCUT2D eigenvalue weighted by Crippen LogP contribution is -2.31. The number of aromatic amines is 2. The molecular weight excluding hydrogens is 338 g/mol. The van der Waals surface area contributed by atoms with Gasteiger partial charge in [0.2, 0.25) is 0 Å². The zero-order valence-electron chi connectivity index (χ0n) is 14.5. The number of amides is 1. The highest BCUT2D eigenvalue weighted by Gasteiger charge is 2.11. The number of esters is 1. The minimum absolute atomic E-state index is 0.0622. The van der Waals surface area contributed by atoms with E-state index in [-0.39, 0.29) is 25.4 Å². The highest BCUT2D eigenvalue weighted by Crippen LogP contribution is 2.01. The molecule has 0 unspecified atom stereocenters. The van der Waals surface area contributed by atoms with Gasteiger partial charge in [0.1, 0.15) is 0 Å². The number of rotatable bonds is 8. The largest absolute Gasteiger partial charge is 0.456 e. The lowest BCUT2D eigenvalue weighted by atomic mass is 10.1. The molecule has 3 N–H and O–H groups in total. The molecule has 26 heavy (non-hydrogen) atoms. The molecule has 0 fully saturated rings. The maximum absolute atomic E-state index is 11.7. The van der Waals surface area contributed by atoms with Crippen LogP contribution in [0, 0.1) is 6.92 Å². The summed E-state index contributed by atoms with van der Waals surface area (Å²) in [5, 5.41) is 2.67. The van der Waals surface area contributed by atoms with Crippen LogP contribution in [0.4, 0.5) is 0 Å². The Hall–Kier alpha value is -3.16. The predicted octanol–water partition coefficient (Wildman–Crippen LogP) is 0.206. The van der Waals surface area contributed by atoms with E-state index in [1.165, 1.54) is 0 Å². The van der Waals surface area contributed by atoms with Crippen molar-refractivity contribution in [1.29, 1.82) is 0 Å². The van der Waals surface area contributed by atoms with Gasteiger partial charge in [-0.15, -0.1) is 0 Å². The molecule has 0 aliphatic heterocycles. The van der Waals surface area contributed by atoms with Crippen LogP contribution in [0.15, 0.2) is 39.9 Å². The van der Waals surface area contributed by atoms with Gasteiger partial charge in [0.25, 0.3) is 11.5 Å². The Balaban J connectivity index is 1.69. The minimum Gasteiger partial charge on any atom is -0.456 e. The van der Waals surface area contributed by atoms with E-state index in [0.717, 1.165) is 5.56 Å². The Morgan fingerprint density at radius 3 is 2.50 bits per heavy atom. The molecule has 8 nitrogen and oxygen atoms in total. The lowest BCUT2D eigenvalue weighted by molar-refractivity contribution is -0.148. The van der Waals surface area contributed by atoms with Crippen LogP contribution in [0.25, 0.3) is 0 Å². The second-order valence-corrected chi connectivity index (χ2v) is 5.76. The van der Waals surface area contributed by atoms with E-state index < -0.39 is 17.2 Å². The van der Waals surface area contributed by atoms with Crippen molar-refractivity contribution < 1.29 is 14.3 Å². The van der Waals surface area contributed by atoms with Gasteiger partial charge >= 0.3 is 11.7 Å². The summed E-state index contributed by atoms with van der Waals surface area (Å²) in [6.45, 7) is 1.67. The molecule has 0 spiro atoms. The summed E-state index contributed by atoms with van der Waals surface area (Å²) >= 11 is 0. The predicted molar refractivity (Wildman–Crippen MR) is 94.9 cm³/mol. The highest BCUT2D eigenvalue weighted by atomic mass is 16.5. The van der Waals surface area contributed by atoms with Gasteiger partial charge < -0.3 is 15.0 Å². The summed E-state index contributed by atoms with van der Waals surface area (Å²) in [7, 11) is 0. The van der Waals surface area contributed by atoms with Gasteiger partial charge in [0.15, 0.2) is 6.61 Å². The van der Waals surface area contributed by atoms with Crippen LogP contribution in [0.3, 0.4) is 0 Å². The smallest absolute Gasteiger partial charge is 0.325 e. The number of benzene rings is 1. The second-order valence-electron chi connectivity index (χ2n) is 5.76. The van der Waals surface area contributed by atoms with Gasteiger partial charge in [-0.2, -0.15) is 0 Å². The van der Waals surface area contributed by atoms with Crippen LogP contribution in [-0.2, 0) is 27.2 Å². The Morgan fingerprint density at radius 1 is 1.08 bits per heavy atom. The number of ether oxygens (including phenoxy) is 1. The third-order valence-corrected chi connectivity index (χ3v) is 3.78. The van der Waals surface area contributed by atoms with Crippen LogP contribution >= 0.6 is 0 Å². The van der Waals surface area contributed by atoms with E-state index in [4.69, 9.17) is 4.74 Å². The van der Waals surface area contributed by atoms with Gasteiger partial charge in [-0.1, -0.05) is 30.3 Å². The molecule has 1 amide bonds. The monoisotopic (exact) mass is 359 g/mol. The fraction of sp³-hybridized carbons (Fsp3) is 0.333. The van der Waals surface area contributed by atoms with Crippen molar-refractivity contribution >= 4 is 11.9 Å². The number of carbonyl (C=O) groups is 2. The number of H-pyrrole nitrogens is 2. The van der Waals surface area contributed by atoms with Gasteiger partial charge in [0.05, 0.1) is 0 Å². The number of nitrogens with one attached hydrogen (secondary N) is 3. The molecule has 1 aromatic carbocycles. The minimum atomic E-state index is -0.592. The molecule has 0 aliphatic rings. The fourth-order valence-corrected chi connectivity index (χ4v) is 2.41. The maximum atomic E-state index is 11.7. The summed E-state index contributed by atoms with van der Waals surface area (Å²) in [6, 6.07) is 9.70. The molecule has 1 heterocycles. The SMILES string of the molecule is Cc1[nH]c(=O)[nH]c(=O)c1CCC(=O)OCC(=O)NCCc1ccccc1. The first kappa shape index (κ1) is 19.2. The van der Waals surface area contributed by atoms with Crippen LogP contribution in [0.5, 0.6) is 0 Å². The summed E-state index contributed by atoms with van der Waals surface area (Å²) in [6.07, 6.45) is 0.744. The van der Waals surface area contributed by atoms with Crippen molar-refractivity contribution in [1.82, 2.24) is 15.3 Å². The molecule has 0 atom stereocenters. The first-order valence-corrected chi connectivity index (χ1v) is 8.24. The fourth-order valence-electron chi connectivity index (χ4n) is 2.41. The first-order valence-electron chi connectivity index (χ1n) is 8.24. The van der Waals surface area contributed by atoms with Crippen molar-refractivity contribution in [3.05, 3.63) is 68.0 Å². The van der Waals surface area contributed by atoms with E-state index in [1.807, 2.05) is 30.3 Å². The average Bonchev–Trinajstić information content (AvgIpc) is 2.60. The molecule has 1 aromatic heterocycles. The Labute approximate surface area is 149 Å². The standard InChI is InChI=1S/C18H21N3O5/c1-12-14(17(24)21-18(25)20-12)7-8-16(23)26-11-15(22)19-10-9-13-5-3-2-4-6-13/h2-6H,7-11H2,1H3,(H,19,22)(H2,20,21,24,25). The van der Waals surface area contributed by atoms with Crippen molar-refractivity contribution in [2.45, 2.75) is 26.2 Å². The molecule has 138 valence electrons. The molecule has 2 aromatic rings. The number of hydrogen-bond acceptors (Lipinski definition) is 5. The third kappa shape index (κ3) is 6.04. The van der Waals surface area contributed by atoms with Crippen LogP contribution in [0.2, 0.25) is 0 Å². The van der Waals surface area contributed by atoms with Gasteiger partial charge in [-0.25, -0.2) is 4.79 Å². The van der Waals surface area contributed by atoms with E-state index in [0.29, 0.717) is 24.2 Å². The third-order valence-electron chi connectivity index (χ3n) is 3.78. The van der Waals surface area contributed by atoms with Crippen molar-refractivity contribution in [2.24, 2.45) is 0 Å². The summed E-state index contributed by atoms with van der Waals surface area (Å²) in [4.78, 5) is 50.8. The van der Waals surface area contributed by atoms with E-state index >= 15 is 0 Å². The molecule has 0 saturated heterocycles. The number of carbonyl (C=O) groups excluding carboxylic acids is 2. The molecular formula is C18H21N3O5. The summed E-state index contributed by atoms with van der Waals surface area (Å²) in [5.41, 5.74) is 0.703. The second kappa shape index (κ2) is 9.36. The topological polar surface area (TPSA) is 121 Å². The normalized spacial score (nSPS) is 10.3. The van der Waals surface area contributed by atoms with Crippen LogP contribution in [0.1, 0.15) is 23.2 Å². The number of aromatic nitrogens is 2. The Kier molecular flexibility index (Phi) is 6.90. The molecule has 2 rings (SSSR count). The van der Waals surface area contributed by atoms with Crippen molar-refractivity contribution in [3.8, 4) is 0 Å². The van der Waals surface area contributed by atoms with E-state index in [9.17, 15) is 19.2 Å². The number of aryl methyl sites for hydroxylation is 1. The van der Waals surface area contributed by atoms with Crippen LogP contribution < -0.4 is 16.6 Å². The lowest BCUT2D eigenvalue weighted by Gasteiger charge is -2.07. The van der Waals surface area contributed by atoms with Gasteiger partial charge in [0, 0.05) is 24.2 Å². The molecule has 0 saturated carbocycles. The van der Waals surface area contributed by atoms with Gasteiger partial charge in [-0.05, 0) is 25.3 Å². The Bertz CT molecular complexity index is 870. The first-order chi connectivity index (χ1) is 12.5. The summed E-state index contributed by atoms with van der Waals surface area (Å²) in [5.74, 6) is -0.972. The zero-order chi connectivity index (χ0) is 18.9. The number of hydrogen-bond donors (Lipinski definition) is 3. The van der Waals surface area contributed by atoms with E-state index in [2.05, 4.69) is 15.3 Å². The van der Waals surface area contributed by atoms with Gasteiger partial charge in [-0.3, -0.25) is 19.4 Å². The van der Waals surface area contributed by atoms with Crippen LogP contribution in [-0.4, -0.2) is 35.0 Å². The maximum Gasteiger partial charge on any atom is 0.325 e. The molecule has 8 heteroatoms. The quantitative estimate of drug-likeness (QED) is 0.582. The zero-order valence-corrected chi connectivity index (χ0v) is 14.5.